The van der Waals surface area contributed by atoms with Gasteiger partial charge in [0.1, 0.15) is 0 Å². The van der Waals surface area contributed by atoms with Gasteiger partial charge in [-0.1, -0.05) is 27.2 Å². The van der Waals surface area contributed by atoms with Crippen molar-refractivity contribution in [1.82, 2.24) is 0 Å². The Hall–Kier alpha value is -0.0400. The Bertz CT molecular complexity index is 69.1. The average Bonchev–Trinajstić information content (AvgIpc) is 1.86. The molecule has 0 amide bonds. The summed E-state index contributed by atoms with van der Waals surface area (Å²) in [6.45, 7) is 7.68. The van der Waals surface area contributed by atoms with Crippen LogP contribution < -0.4 is 0 Å². The molecule has 1 heteroatoms. The highest BCUT2D eigenvalue weighted by Crippen LogP contribution is 2.14. The van der Waals surface area contributed by atoms with Gasteiger partial charge < -0.3 is 4.74 Å². The van der Waals surface area contributed by atoms with Crippen LogP contribution in [-0.4, -0.2) is 13.7 Å². The molecule has 1 nitrogen and oxygen atoms in total. The predicted octanol–water partition coefficient (Wildman–Crippen LogP) is 2.71. The first-order valence-corrected chi connectivity index (χ1v) is 4.19. The number of hydrogen-bond acceptors (Lipinski definition) is 1. The Morgan fingerprint density at radius 1 is 1.30 bits per heavy atom. The van der Waals surface area contributed by atoms with Gasteiger partial charge in [0.15, 0.2) is 0 Å². The minimum Gasteiger partial charge on any atom is -0.384 e. The van der Waals surface area contributed by atoms with Gasteiger partial charge in [-0.15, -0.1) is 0 Å². The van der Waals surface area contributed by atoms with E-state index in [1.807, 2.05) is 0 Å². The molecule has 0 rings (SSSR count). The number of ether oxygens (including phenoxy) is 1. The Morgan fingerprint density at radius 3 is 2.20 bits per heavy atom. The van der Waals surface area contributed by atoms with Crippen LogP contribution in [0.25, 0.3) is 0 Å². The second kappa shape index (κ2) is 5.72. The molecule has 0 aliphatic carbocycles. The van der Waals surface area contributed by atoms with Gasteiger partial charge in [0.25, 0.3) is 0 Å². The summed E-state index contributed by atoms with van der Waals surface area (Å²) in [7, 11) is 1.78. The van der Waals surface area contributed by atoms with Crippen LogP contribution in [0.2, 0.25) is 0 Å². The van der Waals surface area contributed by atoms with Crippen molar-refractivity contribution < 1.29 is 4.74 Å². The highest BCUT2D eigenvalue weighted by atomic mass is 16.5. The molecule has 0 saturated heterocycles. The van der Waals surface area contributed by atoms with E-state index in [0.29, 0.717) is 0 Å². The molecule has 0 aromatic carbocycles. The summed E-state index contributed by atoms with van der Waals surface area (Å²) in [5.41, 5.74) is 0. The van der Waals surface area contributed by atoms with Gasteiger partial charge >= 0.3 is 0 Å². The maximum atomic E-state index is 5.10. The molecule has 62 valence electrons. The zero-order valence-corrected chi connectivity index (χ0v) is 7.68. The summed E-state index contributed by atoms with van der Waals surface area (Å²) in [6, 6.07) is 0. The number of hydrogen-bond donors (Lipinski definition) is 0. The Balaban J connectivity index is 3.39. The van der Waals surface area contributed by atoms with Crippen LogP contribution in [0.1, 0.15) is 33.6 Å². The summed E-state index contributed by atoms with van der Waals surface area (Å²) in [6.07, 6.45) is 2.54. The highest BCUT2D eigenvalue weighted by Gasteiger charge is 2.07. The van der Waals surface area contributed by atoms with Gasteiger partial charge in [0.05, 0.1) is 0 Å². The van der Waals surface area contributed by atoms with Gasteiger partial charge in [0, 0.05) is 13.7 Å². The molecule has 0 aromatic heterocycles. The van der Waals surface area contributed by atoms with Crippen molar-refractivity contribution in [2.45, 2.75) is 33.6 Å². The van der Waals surface area contributed by atoms with Crippen molar-refractivity contribution in [2.75, 3.05) is 13.7 Å². The third-order valence-corrected chi connectivity index (χ3v) is 1.78. The molecule has 0 heterocycles. The van der Waals surface area contributed by atoms with Gasteiger partial charge in [-0.25, -0.2) is 0 Å². The van der Waals surface area contributed by atoms with Crippen molar-refractivity contribution in [3.8, 4) is 0 Å². The lowest BCUT2D eigenvalue weighted by atomic mass is 9.96. The molecule has 0 aliphatic rings. The molecular weight excluding hydrogens is 124 g/mol. The normalized spacial score (nSPS) is 14.1. The van der Waals surface area contributed by atoms with Crippen molar-refractivity contribution in [2.24, 2.45) is 11.8 Å². The molecule has 1 unspecified atom stereocenters. The van der Waals surface area contributed by atoms with Crippen molar-refractivity contribution in [3.05, 3.63) is 0 Å². The average molecular weight is 144 g/mol. The fraction of sp³-hybridized carbons (Fsp3) is 1.00. The van der Waals surface area contributed by atoms with Crippen LogP contribution in [0.15, 0.2) is 0 Å². The van der Waals surface area contributed by atoms with Crippen LogP contribution >= 0.6 is 0 Å². The van der Waals surface area contributed by atoms with E-state index in [1.54, 1.807) is 7.11 Å². The maximum Gasteiger partial charge on any atom is 0.0490 e. The van der Waals surface area contributed by atoms with E-state index < -0.39 is 0 Å². The van der Waals surface area contributed by atoms with Crippen LogP contribution in [0, 0.1) is 11.8 Å². The lowest BCUT2D eigenvalue weighted by molar-refractivity contribution is 0.138. The highest BCUT2D eigenvalue weighted by molar-refractivity contribution is 4.57. The standard InChI is InChI=1S/C9H20O/c1-5-9(7-10-4)6-8(2)3/h8-9H,5-7H2,1-4H3. The third kappa shape index (κ3) is 4.80. The zero-order valence-electron chi connectivity index (χ0n) is 7.68. The monoisotopic (exact) mass is 144 g/mol. The number of methoxy groups -OCH3 is 1. The number of rotatable bonds is 5. The van der Waals surface area contributed by atoms with E-state index in [2.05, 4.69) is 20.8 Å². The van der Waals surface area contributed by atoms with Crippen LogP contribution in [0.3, 0.4) is 0 Å². The van der Waals surface area contributed by atoms with Crippen molar-refractivity contribution >= 4 is 0 Å². The minimum atomic E-state index is 0.769. The van der Waals surface area contributed by atoms with Crippen LogP contribution in [0.4, 0.5) is 0 Å². The summed E-state index contributed by atoms with van der Waals surface area (Å²) >= 11 is 0. The SMILES string of the molecule is CCC(COC)CC(C)C. The smallest absolute Gasteiger partial charge is 0.0490 e. The van der Waals surface area contributed by atoms with Gasteiger partial charge in [0.2, 0.25) is 0 Å². The topological polar surface area (TPSA) is 9.23 Å². The second-order valence-corrected chi connectivity index (χ2v) is 3.36. The Morgan fingerprint density at radius 2 is 1.90 bits per heavy atom. The summed E-state index contributed by atoms with van der Waals surface area (Å²) in [5, 5.41) is 0. The molecule has 0 saturated carbocycles. The second-order valence-electron chi connectivity index (χ2n) is 3.36. The first kappa shape index (κ1) is 9.96. The zero-order chi connectivity index (χ0) is 7.98. The molecule has 0 aliphatic heterocycles. The molecule has 1 atom stereocenters. The lowest BCUT2D eigenvalue weighted by Gasteiger charge is -2.15. The summed E-state index contributed by atoms with van der Waals surface area (Å²) < 4.78 is 5.10. The molecule has 0 bridgehead atoms. The fourth-order valence-electron chi connectivity index (χ4n) is 1.25. The first-order chi connectivity index (χ1) is 4.70. The summed E-state index contributed by atoms with van der Waals surface area (Å²) in [4.78, 5) is 0. The van der Waals surface area contributed by atoms with Gasteiger partial charge in [-0.3, -0.25) is 0 Å². The van der Waals surface area contributed by atoms with E-state index in [-0.39, 0.29) is 0 Å². The van der Waals surface area contributed by atoms with Gasteiger partial charge in [-0.2, -0.15) is 0 Å². The lowest BCUT2D eigenvalue weighted by Crippen LogP contribution is -2.09. The third-order valence-electron chi connectivity index (χ3n) is 1.78. The van der Waals surface area contributed by atoms with E-state index in [4.69, 9.17) is 4.74 Å². The van der Waals surface area contributed by atoms with Crippen LogP contribution in [-0.2, 0) is 4.74 Å². The van der Waals surface area contributed by atoms with Crippen LogP contribution in [0.5, 0.6) is 0 Å². The Kier molecular flexibility index (Phi) is 5.70. The van der Waals surface area contributed by atoms with Crippen molar-refractivity contribution in [1.29, 1.82) is 0 Å². The quantitative estimate of drug-likeness (QED) is 0.576. The first-order valence-electron chi connectivity index (χ1n) is 4.19. The minimum absolute atomic E-state index is 0.769. The summed E-state index contributed by atoms with van der Waals surface area (Å²) in [5.74, 6) is 1.57. The van der Waals surface area contributed by atoms with Crippen molar-refractivity contribution in [3.63, 3.8) is 0 Å². The molecule has 0 radical (unpaired) electrons. The molecule has 0 N–H and O–H groups in total. The van der Waals surface area contributed by atoms with E-state index in [1.165, 1.54) is 12.8 Å². The Labute approximate surface area is 64.8 Å². The van der Waals surface area contributed by atoms with Gasteiger partial charge in [-0.05, 0) is 18.3 Å². The molecule has 0 aromatic rings. The predicted molar refractivity (Wildman–Crippen MR) is 45.1 cm³/mol. The largest absolute Gasteiger partial charge is 0.384 e. The van der Waals surface area contributed by atoms with E-state index >= 15 is 0 Å². The fourth-order valence-corrected chi connectivity index (χ4v) is 1.25. The maximum absolute atomic E-state index is 5.10. The van der Waals surface area contributed by atoms with E-state index in [9.17, 15) is 0 Å². The molecule has 10 heavy (non-hydrogen) atoms. The molecular formula is C9H20O. The molecule has 0 spiro atoms. The van der Waals surface area contributed by atoms with E-state index in [0.717, 1.165) is 18.4 Å². The molecule has 0 fully saturated rings.